The van der Waals surface area contributed by atoms with E-state index < -0.39 is 0 Å². The maximum Gasteiger partial charge on any atom is 0.302 e. The Morgan fingerprint density at radius 1 is 1.07 bits per heavy atom. The molecule has 0 fully saturated rings. The van der Waals surface area contributed by atoms with Crippen molar-refractivity contribution in [1.82, 2.24) is 0 Å². The smallest absolute Gasteiger partial charge is 0.302 e. The maximum absolute atomic E-state index is 10.1. The fraction of sp³-hybridized carbons (Fsp3) is 0.900. The summed E-state index contributed by atoms with van der Waals surface area (Å²) in [5, 5.41) is 8.24. The predicted octanol–water partition coefficient (Wildman–Crippen LogP) is 0.601. The molecular formula is C10H22O5. The summed E-state index contributed by atoms with van der Waals surface area (Å²) in [6, 6.07) is 0. The number of aliphatic hydroxyl groups excluding tert-OH is 1. The van der Waals surface area contributed by atoms with Gasteiger partial charge < -0.3 is 19.3 Å². The molecule has 0 aliphatic heterocycles. The highest BCUT2D eigenvalue weighted by Gasteiger charge is 1.90. The molecule has 0 saturated carbocycles. The molecule has 15 heavy (non-hydrogen) atoms. The predicted molar refractivity (Wildman–Crippen MR) is 56.7 cm³/mol. The Balaban J connectivity index is 0. The highest BCUT2D eigenvalue weighted by atomic mass is 16.6. The van der Waals surface area contributed by atoms with E-state index in [1.807, 2.05) is 13.8 Å². The van der Waals surface area contributed by atoms with Gasteiger partial charge in [-0.05, 0) is 13.8 Å². The van der Waals surface area contributed by atoms with Crippen LogP contribution in [-0.4, -0.2) is 50.7 Å². The molecule has 92 valence electrons. The Morgan fingerprint density at radius 2 is 1.67 bits per heavy atom. The molecule has 5 heteroatoms. The van der Waals surface area contributed by atoms with E-state index in [0.29, 0.717) is 13.2 Å². The summed E-state index contributed by atoms with van der Waals surface area (Å²) in [5.74, 6) is -0.312. The molecule has 0 atom stereocenters. The number of esters is 1. The molecule has 0 aromatic heterocycles. The van der Waals surface area contributed by atoms with Crippen LogP contribution in [0.1, 0.15) is 20.8 Å². The molecule has 0 aliphatic rings. The second-order valence-corrected chi connectivity index (χ2v) is 2.46. The number of rotatable bonds is 7. The quantitative estimate of drug-likeness (QED) is 0.505. The Hall–Kier alpha value is -0.650. The zero-order chi connectivity index (χ0) is 11.9. The SMILES string of the molecule is CC(=O)OCCOCCO.CCOCC. The van der Waals surface area contributed by atoms with Crippen molar-refractivity contribution in [2.75, 3.05) is 39.6 Å². The van der Waals surface area contributed by atoms with Crippen molar-refractivity contribution in [3.05, 3.63) is 0 Å². The van der Waals surface area contributed by atoms with Crippen molar-refractivity contribution in [2.45, 2.75) is 20.8 Å². The first kappa shape index (κ1) is 16.8. The van der Waals surface area contributed by atoms with Gasteiger partial charge in [-0.1, -0.05) is 0 Å². The lowest BCUT2D eigenvalue weighted by molar-refractivity contribution is -0.142. The molecular weight excluding hydrogens is 200 g/mol. The minimum atomic E-state index is -0.312. The van der Waals surface area contributed by atoms with E-state index in [0.717, 1.165) is 13.2 Å². The van der Waals surface area contributed by atoms with Gasteiger partial charge in [-0.2, -0.15) is 0 Å². The number of hydrogen-bond acceptors (Lipinski definition) is 5. The lowest BCUT2D eigenvalue weighted by Gasteiger charge is -2.01. The van der Waals surface area contributed by atoms with Gasteiger partial charge in [0.2, 0.25) is 0 Å². The summed E-state index contributed by atoms with van der Waals surface area (Å²) >= 11 is 0. The molecule has 0 spiro atoms. The highest BCUT2D eigenvalue weighted by molar-refractivity contribution is 5.65. The van der Waals surface area contributed by atoms with E-state index in [1.165, 1.54) is 6.92 Å². The van der Waals surface area contributed by atoms with Crippen LogP contribution in [0.15, 0.2) is 0 Å². The number of aliphatic hydroxyl groups is 1. The molecule has 1 N–H and O–H groups in total. The second-order valence-electron chi connectivity index (χ2n) is 2.46. The van der Waals surface area contributed by atoms with Crippen LogP contribution in [0.5, 0.6) is 0 Å². The molecule has 0 saturated heterocycles. The molecule has 0 heterocycles. The topological polar surface area (TPSA) is 65.0 Å². The highest BCUT2D eigenvalue weighted by Crippen LogP contribution is 1.78. The zero-order valence-corrected chi connectivity index (χ0v) is 9.82. The van der Waals surface area contributed by atoms with Crippen LogP contribution >= 0.6 is 0 Å². The van der Waals surface area contributed by atoms with Gasteiger partial charge in [-0.3, -0.25) is 4.79 Å². The molecule has 0 radical (unpaired) electrons. The van der Waals surface area contributed by atoms with Crippen molar-refractivity contribution >= 4 is 5.97 Å². The fourth-order valence-electron chi connectivity index (χ4n) is 0.615. The van der Waals surface area contributed by atoms with Gasteiger partial charge in [0, 0.05) is 20.1 Å². The third-order valence-electron chi connectivity index (χ3n) is 1.18. The van der Waals surface area contributed by atoms with E-state index in [-0.39, 0.29) is 19.2 Å². The summed E-state index contributed by atoms with van der Waals surface area (Å²) in [7, 11) is 0. The third-order valence-corrected chi connectivity index (χ3v) is 1.18. The van der Waals surface area contributed by atoms with Crippen LogP contribution in [0.3, 0.4) is 0 Å². The van der Waals surface area contributed by atoms with Crippen molar-refractivity contribution in [3.8, 4) is 0 Å². The lowest BCUT2D eigenvalue weighted by Crippen LogP contribution is -2.09. The molecule has 0 amide bonds. The molecule has 0 aromatic carbocycles. The fourth-order valence-corrected chi connectivity index (χ4v) is 0.615. The summed E-state index contributed by atoms with van der Waals surface area (Å²) in [4.78, 5) is 10.1. The van der Waals surface area contributed by atoms with Crippen LogP contribution in [-0.2, 0) is 19.0 Å². The van der Waals surface area contributed by atoms with Crippen molar-refractivity contribution in [3.63, 3.8) is 0 Å². The van der Waals surface area contributed by atoms with E-state index in [1.54, 1.807) is 0 Å². The van der Waals surface area contributed by atoms with Gasteiger partial charge in [0.15, 0.2) is 0 Å². The van der Waals surface area contributed by atoms with E-state index in [9.17, 15) is 4.79 Å². The van der Waals surface area contributed by atoms with Crippen LogP contribution in [0, 0.1) is 0 Å². The van der Waals surface area contributed by atoms with E-state index in [4.69, 9.17) is 14.6 Å². The van der Waals surface area contributed by atoms with Crippen molar-refractivity contribution in [1.29, 1.82) is 0 Å². The number of carbonyl (C=O) groups is 1. The first-order valence-corrected chi connectivity index (χ1v) is 5.08. The molecule has 0 aliphatic carbocycles. The van der Waals surface area contributed by atoms with Gasteiger partial charge in [0.05, 0.1) is 19.8 Å². The maximum atomic E-state index is 10.1. The summed E-state index contributed by atoms with van der Waals surface area (Å²) in [6.07, 6.45) is 0. The third kappa shape index (κ3) is 24.7. The second kappa shape index (κ2) is 15.8. The summed E-state index contributed by atoms with van der Waals surface area (Å²) in [5.41, 5.74) is 0. The van der Waals surface area contributed by atoms with Gasteiger partial charge in [0.25, 0.3) is 0 Å². The monoisotopic (exact) mass is 222 g/mol. The minimum Gasteiger partial charge on any atom is -0.463 e. The average molecular weight is 222 g/mol. The Bertz CT molecular complexity index is 125. The molecule has 0 rings (SSSR count). The standard InChI is InChI=1S/C6H12O4.C4H10O/c1-6(8)10-5-4-9-3-2-7;1-3-5-4-2/h7H,2-5H2,1H3;3-4H2,1-2H3. The van der Waals surface area contributed by atoms with Crippen LogP contribution in [0.2, 0.25) is 0 Å². The Kier molecular flexibility index (Phi) is 17.7. The van der Waals surface area contributed by atoms with Crippen LogP contribution in [0.25, 0.3) is 0 Å². The number of ether oxygens (including phenoxy) is 3. The minimum absolute atomic E-state index is 0.0000709. The molecule has 5 nitrogen and oxygen atoms in total. The first-order chi connectivity index (χ1) is 7.18. The first-order valence-electron chi connectivity index (χ1n) is 5.08. The van der Waals surface area contributed by atoms with Gasteiger partial charge >= 0.3 is 5.97 Å². The van der Waals surface area contributed by atoms with Crippen molar-refractivity contribution < 1.29 is 24.1 Å². The van der Waals surface area contributed by atoms with Gasteiger partial charge in [-0.25, -0.2) is 0 Å². The van der Waals surface area contributed by atoms with Gasteiger partial charge in [-0.15, -0.1) is 0 Å². The Labute approximate surface area is 91.3 Å². The Morgan fingerprint density at radius 3 is 2.00 bits per heavy atom. The molecule has 0 bridgehead atoms. The normalized spacial score (nSPS) is 9.07. The van der Waals surface area contributed by atoms with Crippen LogP contribution < -0.4 is 0 Å². The number of carbonyl (C=O) groups excluding carboxylic acids is 1. The van der Waals surface area contributed by atoms with Crippen LogP contribution in [0.4, 0.5) is 0 Å². The molecule has 0 aromatic rings. The summed E-state index contributed by atoms with van der Waals surface area (Å²) in [6.45, 7) is 7.91. The van der Waals surface area contributed by atoms with E-state index >= 15 is 0 Å². The van der Waals surface area contributed by atoms with Crippen molar-refractivity contribution in [2.24, 2.45) is 0 Å². The average Bonchev–Trinajstić information content (AvgIpc) is 2.19. The number of hydrogen-bond donors (Lipinski definition) is 1. The largest absolute Gasteiger partial charge is 0.463 e. The van der Waals surface area contributed by atoms with E-state index in [2.05, 4.69) is 4.74 Å². The lowest BCUT2D eigenvalue weighted by atomic mass is 10.7. The summed E-state index contributed by atoms with van der Waals surface area (Å²) < 4.78 is 14.2. The zero-order valence-electron chi connectivity index (χ0n) is 9.82. The molecule has 0 unspecified atom stereocenters. The van der Waals surface area contributed by atoms with Gasteiger partial charge in [0.1, 0.15) is 6.61 Å².